The number of methoxy groups -OCH3 is 1. The van der Waals surface area contributed by atoms with Gasteiger partial charge in [-0.3, -0.25) is 29.2 Å². The van der Waals surface area contributed by atoms with E-state index in [0.717, 1.165) is 18.4 Å². The number of carbonyl (C=O) groups is 5. The molecule has 3 rings (SSSR count). The van der Waals surface area contributed by atoms with Gasteiger partial charge in [-0.15, -0.1) is 0 Å². The van der Waals surface area contributed by atoms with E-state index in [2.05, 4.69) is 16.0 Å². The summed E-state index contributed by atoms with van der Waals surface area (Å²) >= 11 is 0. The number of unbranched alkanes of at least 4 members (excludes halogenated alkanes) is 2. The number of amides is 5. The quantitative estimate of drug-likeness (QED) is 0.125. The average Bonchev–Trinajstić information content (AvgIpc) is 3.01. The smallest absolute Gasteiger partial charge is 0.246 e. The molecule has 2 fully saturated rings. The topological polar surface area (TPSA) is 157 Å². The first-order valence-corrected chi connectivity index (χ1v) is 14.9. The molecule has 2 aliphatic heterocycles. The van der Waals surface area contributed by atoms with Gasteiger partial charge in [-0.2, -0.15) is 0 Å². The molecule has 1 aromatic carbocycles. The van der Waals surface area contributed by atoms with Crippen LogP contribution in [-0.2, 0) is 30.4 Å². The first-order valence-electron chi connectivity index (χ1n) is 14.9. The number of ether oxygens (including phenoxy) is 1. The molecular weight excluding hydrogens is 542 g/mol. The van der Waals surface area contributed by atoms with Crippen molar-refractivity contribution in [2.45, 2.75) is 95.8 Å². The lowest BCUT2D eigenvalue weighted by Gasteiger charge is -2.39. The van der Waals surface area contributed by atoms with Crippen LogP contribution < -0.4 is 20.7 Å². The number of carbonyl (C=O) groups excluding carboxylic acids is 5. The maximum atomic E-state index is 13.9. The number of rotatable bonds is 12. The van der Waals surface area contributed by atoms with Crippen molar-refractivity contribution in [1.29, 1.82) is 0 Å². The molecule has 0 aromatic heterocycles. The van der Waals surface area contributed by atoms with Gasteiger partial charge in [0.25, 0.3) is 0 Å². The average molecular weight is 588 g/mol. The van der Waals surface area contributed by atoms with Crippen LogP contribution in [0.4, 0.5) is 0 Å². The predicted molar refractivity (Wildman–Crippen MR) is 154 cm³/mol. The molecule has 4 N–H and O–H groups in total. The van der Waals surface area contributed by atoms with Gasteiger partial charge in [-0.05, 0) is 55.7 Å². The van der Waals surface area contributed by atoms with Gasteiger partial charge in [0.1, 0.15) is 29.9 Å². The van der Waals surface area contributed by atoms with Crippen LogP contribution >= 0.6 is 0 Å². The highest BCUT2D eigenvalue weighted by Gasteiger charge is 2.40. The Labute approximate surface area is 247 Å². The van der Waals surface area contributed by atoms with E-state index in [0.29, 0.717) is 55.9 Å². The Morgan fingerprint density at radius 3 is 2.36 bits per heavy atom. The summed E-state index contributed by atoms with van der Waals surface area (Å²) in [5.41, 5.74) is 0.787. The summed E-state index contributed by atoms with van der Waals surface area (Å²) in [4.78, 5) is 67.0. The zero-order chi connectivity index (χ0) is 30.6. The van der Waals surface area contributed by atoms with Gasteiger partial charge in [0.05, 0.1) is 7.11 Å². The lowest BCUT2D eigenvalue weighted by molar-refractivity contribution is -0.149. The van der Waals surface area contributed by atoms with Gasteiger partial charge in [0.15, 0.2) is 0 Å². The van der Waals surface area contributed by atoms with Crippen LogP contribution in [0.15, 0.2) is 24.3 Å². The zero-order valence-electron chi connectivity index (χ0n) is 24.8. The van der Waals surface area contributed by atoms with Crippen molar-refractivity contribution in [3.05, 3.63) is 29.8 Å². The molecule has 0 aliphatic carbocycles. The van der Waals surface area contributed by atoms with Gasteiger partial charge in [-0.1, -0.05) is 45.2 Å². The Morgan fingerprint density at radius 2 is 1.69 bits per heavy atom. The van der Waals surface area contributed by atoms with Gasteiger partial charge < -0.3 is 25.6 Å². The van der Waals surface area contributed by atoms with Gasteiger partial charge >= 0.3 is 0 Å². The van der Waals surface area contributed by atoms with Gasteiger partial charge in [-0.25, -0.2) is 5.06 Å². The van der Waals surface area contributed by atoms with E-state index in [-0.39, 0.29) is 37.1 Å². The summed E-state index contributed by atoms with van der Waals surface area (Å²) < 4.78 is 5.23. The standard InChI is InChI=1S/C30H45N5O7/c1-4-20(2)26-30(40)35-17-9-7-11-25(35)29(39)31-23(10-6-5-8-16-34(41)19-36)27(37)32-24(28(38)33-26)18-21-12-14-22(42-3)15-13-21/h12-15,19-20,23-26,41H,4-11,16-18H2,1-3H3,(H,31,39)(H,32,37)(H,33,38)/t20?,23-,24+,25?,26-/m0/s1. The van der Waals surface area contributed by atoms with Crippen molar-refractivity contribution < 1.29 is 33.9 Å². The number of hydrogen-bond acceptors (Lipinski definition) is 7. The highest BCUT2D eigenvalue weighted by Crippen LogP contribution is 2.22. The number of nitrogens with one attached hydrogen (secondary N) is 3. The molecular formula is C30H45N5O7. The minimum Gasteiger partial charge on any atom is -0.497 e. The van der Waals surface area contributed by atoms with Crippen LogP contribution in [-0.4, -0.2) is 89.6 Å². The van der Waals surface area contributed by atoms with E-state index in [9.17, 15) is 29.2 Å². The van der Waals surface area contributed by atoms with Crippen LogP contribution in [0.5, 0.6) is 5.75 Å². The molecule has 0 saturated carbocycles. The van der Waals surface area contributed by atoms with Crippen LogP contribution in [0.3, 0.4) is 0 Å². The van der Waals surface area contributed by atoms with E-state index >= 15 is 0 Å². The fraction of sp³-hybridized carbons (Fsp3) is 0.633. The van der Waals surface area contributed by atoms with Crippen molar-refractivity contribution >= 4 is 30.0 Å². The Hall–Kier alpha value is -3.67. The lowest BCUT2D eigenvalue weighted by atomic mass is 9.93. The number of hydrogen-bond donors (Lipinski definition) is 4. The predicted octanol–water partition coefficient (Wildman–Crippen LogP) is 1.54. The summed E-state index contributed by atoms with van der Waals surface area (Å²) in [6.07, 6.45) is 5.09. The Bertz CT molecular complexity index is 1080. The number of benzene rings is 1. The van der Waals surface area contributed by atoms with E-state index in [1.54, 1.807) is 24.1 Å². The summed E-state index contributed by atoms with van der Waals surface area (Å²) in [5, 5.41) is 18.6. The third-order valence-electron chi connectivity index (χ3n) is 8.23. The highest BCUT2D eigenvalue weighted by molar-refractivity contribution is 5.97. The van der Waals surface area contributed by atoms with Gasteiger partial charge in [0.2, 0.25) is 30.0 Å². The SMILES string of the molecule is CCC(C)[C@@H]1NC(=O)[C@@H](Cc2ccc(OC)cc2)NC(=O)[C@H](CCCCCN(O)C=O)NC(=O)C2CCCCN2C1=O. The number of hydroxylamine groups is 2. The van der Waals surface area contributed by atoms with Crippen molar-refractivity contribution in [2.24, 2.45) is 5.92 Å². The van der Waals surface area contributed by atoms with Crippen LogP contribution in [0.1, 0.15) is 70.8 Å². The third kappa shape index (κ3) is 8.91. The van der Waals surface area contributed by atoms with E-state index in [1.165, 1.54) is 0 Å². The summed E-state index contributed by atoms with van der Waals surface area (Å²) in [6.45, 7) is 4.40. The molecule has 5 atom stereocenters. The van der Waals surface area contributed by atoms with Crippen molar-refractivity contribution in [3.63, 3.8) is 0 Å². The number of fused-ring (bicyclic) bond motifs is 1. The molecule has 2 aliphatic rings. The maximum absolute atomic E-state index is 13.9. The summed E-state index contributed by atoms with van der Waals surface area (Å²) in [5.74, 6) is -1.14. The van der Waals surface area contributed by atoms with Crippen LogP contribution in [0, 0.1) is 5.92 Å². The van der Waals surface area contributed by atoms with Crippen LogP contribution in [0.2, 0.25) is 0 Å². The second-order valence-corrected chi connectivity index (χ2v) is 11.2. The number of piperidine rings is 1. The molecule has 12 nitrogen and oxygen atoms in total. The Balaban J connectivity index is 1.90. The monoisotopic (exact) mass is 587 g/mol. The molecule has 0 radical (unpaired) electrons. The van der Waals surface area contributed by atoms with Crippen molar-refractivity contribution in [3.8, 4) is 5.75 Å². The molecule has 42 heavy (non-hydrogen) atoms. The molecule has 0 bridgehead atoms. The fourth-order valence-electron chi connectivity index (χ4n) is 5.45. The molecule has 2 heterocycles. The molecule has 5 amide bonds. The third-order valence-corrected chi connectivity index (χ3v) is 8.23. The normalized spacial score (nSPS) is 24.2. The maximum Gasteiger partial charge on any atom is 0.246 e. The summed E-state index contributed by atoms with van der Waals surface area (Å²) in [7, 11) is 1.56. The first kappa shape index (κ1) is 32.8. The molecule has 232 valence electrons. The first-order chi connectivity index (χ1) is 20.2. The Kier molecular flexibility index (Phi) is 12.6. The second-order valence-electron chi connectivity index (χ2n) is 11.2. The molecule has 2 saturated heterocycles. The minimum atomic E-state index is -0.989. The molecule has 1 aromatic rings. The fourth-order valence-corrected chi connectivity index (χ4v) is 5.45. The van der Waals surface area contributed by atoms with Gasteiger partial charge in [0, 0.05) is 19.5 Å². The zero-order valence-corrected chi connectivity index (χ0v) is 24.8. The van der Waals surface area contributed by atoms with Crippen molar-refractivity contribution in [1.82, 2.24) is 25.9 Å². The largest absolute Gasteiger partial charge is 0.497 e. The molecule has 12 heteroatoms. The minimum absolute atomic E-state index is 0.160. The summed E-state index contributed by atoms with van der Waals surface area (Å²) in [6, 6.07) is 3.69. The molecule has 0 spiro atoms. The van der Waals surface area contributed by atoms with E-state index < -0.39 is 36.0 Å². The highest BCUT2D eigenvalue weighted by atomic mass is 16.5. The lowest BCUT2D eigenvalue weighted by Crippen LogP contribution is -2.64. The second kappa shape index (κ2) is 16.1. The van der Waals surface area contributed by atoms with E-state index in [4.69, 9.17) is 4.74 Å². The van der Waals surface area contributed by atoms with Crippen LogP contribution in [0.25, 0.3) is 0 Å². The Morgan fingerprint density at radius 1 is 1.00 bits per heavy atom. The van der Waals surface area contributed by atoms with Crippen molar-refractivity contribution in [2.75, 3.05) is 20.2 Å². The molecule has 2 unspecified atom stereocenters. The number of nitrogens with zero attached hydrogens (tertiary/aromatic N) is 2. The van der Waals surface area contributed by atoms with E-state index in [1.807, 2.05) is 26.0 Å².